The van der Waals surface area contributed by atoms with Crippen LogP contribution in [0.5, 0.6) is 0 Å². The highest BCUT2D eigenvalue weighted by Gasteiger charge is 2.39. The number of aromatic nitrogens is 2. The average molecular weight is 393 g/mol. The molecular weight excluding hydrogens is 360 g/mol. The van der Waals surface area contributed by atoms with Crippen LogP contribution in [0.4, 0.5) is 0 Å². The number of carbonyl (C=O) groups excluding carboxylic acids is 1. The van der Waals surface area contributed by atoms with Crippen LogP contribution in [0.2, 0.25) is 0 Å². The molecule has 0 radical (unpaired) electrons. The zero-order valence-electron chi connectivity index (χ0n) is 17.8. The van der Waals surface area contributed by atoms with E-state index in [4.69, 9.17) is 4.98 Å². The number of nitrogens with one attached hydrogen (secondary N) is 2. The van der Waals surface area contributed by atoms with E-state index in [2.05, 4.69) is 48.1 Å². The second-order valence-electron chi connectivity index (χ2n) is 8.47. The Morgan fingerprint density at radius 2 is 1.93 bits per heavy atom. The SMILES string of the molecule is CCc1nc(CN2CCC(CNC(=O)C3C(C)=C3c3ccccc3)CC2)c(C)[nH]1. The molecule has 29 heavy (non-hydrogen) atoms. The number of aromatic amines is 1. The molecule has 1 aromatic heterocycles. The first-order valence-corrected chi connectivity index (χ1v) is 10.9. The predicted octanol–water partition coefficient (Wildman–Crippen LogP) is 3.71. The van der Waals surface area contributed by atoms with Crippen LogP contribution in [0.15, 0.2) is 35.9 Å². The number of nitrogens with zero attached hydrogens (tertiary/aromatic N) is 2. The lowest BCUT2D eigenvalue weighted by molar-refractivity contribution is -0.121. The van der Waals surface area contributed by atoms with Crippen LogP contribution < -0.4 is 5.32 Å². The molecule has 1 aliphatic heterocycles. The summed E-state index contributed by atoms with van der Waals surface area (Å²) in [6.45, 7) is 10.2. The van der Waals surface area contributed by atoms with Crippen molar-refractivity contribution >= 4 is 11.5 Å². The molecule has 4 rings (SSSR count). The van der Waals surface area contributed by atoms with Gasteiger partial charge in [0.05, 0.1) is 11.6 Å². The Morgan fingerprint density at radius 3 is 2.59 bits per heavy atom. The summed E-state index contributed by atoms with van der Waals surface area (Å²) in [7, 11) is 0. The molecule has 154 valence electrons. The lowest BCUT2D eigenvalue weighted by atomic mass is 9.96. The topological polar surface area (TPSA) is 61.0 Å². The van der Waals surface area contributed by atoms with Crippen molar-refractivity contribution in [3.63, 3.8) is 0 Å². The minimum atomic E-state index is -0.0205. The first-order valence-electron chi connectivity index (χ1n) is 10.9. The number of likely N-dealkylation sites (tertiary alicyclic amines) is 1. The summed E-state index contributed by atoms with van der Waals surface area (Å²) >= 11 is 0. The van der Waals surface area contributed by atoms with Gasteiger partial charge in [-0.25, -0.2) is 4.98 Å². The predicted molar refractivity (Wildman–Crippen MR) is 116 cm³/mol. The molecule has 5 heteroatoms. The van der Waals surface area contributed by atoms with Gasteiger partial charge < -0.3 is 10.3 Å². The molecule has 0 spiro atoms. The first kappa shape index (κ1) is 19.9. The normalized spacial score (nSPS) is 20.2. The van der Waals surface area contributed by atoms with Gasteiger partial charge in [-0.1, -0.05) is 42.8 Å². The molecule has 2 aromatic rings. The fraction of sp³-hybridized carbons (Fsp3) is 0.500. The summed E-state index contributed by atoms with van der Waals surface area (Å²) in [6, 6.07) is 10.3. The highest BCUT2D eigenvalue weighted by atomic mass is 16.2. The number of rotatable bonds is 7. The number of benzene rings is 1. The van der Waals surface area contributed by atoms with Crippen LogP contribution >= 0.6 is 0 Å². The van der Waals surface area contributed by atoms with Gasteiger partial charge in [-0.2, -0.15) is 0 Å². The van der Waals surface area contributed by atoms with Crippen molar-refractivity contribution in [1.82, 2.24) is 20.2 Å². The Labute approximate surface area is 173 Å². The molecule has 0 bridgehead atoms. The number of amides is 1. The number of hydrogen-bond acceptors (Lipinski definition) is 3. The quantitative estimate of drug-likeness (QED) is 0.755. The molecule has 2 aliphatic rings. The van der Waals surface area contributed by atoms with E-state index in [1.165, 1.54) is 28.1 Å². The number of carbonyl (C=O) groups is 1. The van der Waals surface area contributed by atoms with Crippen molar-refractivity contribution in [3.8, 4) is 0 Å². The van der Waals surface area contributed by atoms with Crippen LogP contribution in [0.25, 0.3) is 5.57 Å². The number of piperidine rings is 1. The number of imidazole rings is 1. The van der Waals surface area contributed by atoms with Crippen LogP contribution in [-0.4, -0.2) is 40.4 Å². The fourth-order valence-electron chi connectivity index (χ4n) is 4.46. The van der Waals surface area contributed by atoms with Gasteiger partial charge in [0.15, 0.2) is 0 Å². The summed E-state index contributed by atoms with van der Waals surface area (Å²) in [4.78, 5) is 23.2. The smallest absolute Gasteiger partial charge is 0.231 e. The van der Waals surface area contributed by atoms with E-state index in [0.29, 0.717) is 5.92 Å². The van der Waals surface area contributed by atoms with E-state index in [-0.39, 0.29) is 11.8 Å². The molecule has 2 heterocycles. The Balaban J connectivity index is 1.20. The van der Waals surface area contributed by atoms with Gasteiger partial charge in [0.2, 0.25) is 5.91 Å². The van der Waals surface area contributed by atoms with Gasteiger partial charge >= 0.3 is 0 Å². The van der Waals surface area contributed by atoms with Crippen molar-refractivity contribution in [2.24, 2.45) is 11.8 Å². The summed E-state index contributed by atoms with van der Waals surface area (Å²) in [5, 5.41) is 3.21. The monoisotopic (exact) mass is 392 g/mol. The van der Waals surface area contributed by atoms with E-state index in [9.17, 15) is 4.79 Å². The second kappa shape index (κ2) is 8.54. The number of hydrogen-bond donors (Lipinski definition) is 2. The lowest BCUT2D eigenvalue weighted by Gasteiger charge is -2.31. The third-order valence-corrected chi connectivity index (χ3v) is 6.43. The van der Waals surface area contributed by atoms with Crippen molar-refractivity contribution in [3.05, 3.63) is 58.7 Å². The standard InChI is InChI=1S/C24H32N4O/c1-4-21-26-17(3)20(27-21)15-28-12-10-18(11-13-28)14-25-24(29)23-16(2)22(23)19-8-6-5-7-9-19/h5-9,18,23H,4,10-15H2,1-3H3,(H,25,29)(H,26,27). The van der Waals surface area contributed by atoms with E-state index < -0.39 is 0 Å². The van der Waals surface area contributed by atoms with Crippen molar-refractivity contribution in [2.45, 2.75) is 46.6 Å². The van der Waals surface area contributed by atoms with E-state index in [0.717, 1.165) is 51.3 Å². The van der Waals surface area contributed by atoms with Crippen LogP contribution in [-0.2, 0) is 17.8 Å². The van der Waals surface area contributed by atoms with Gasteiger partial charge in [-0.15, -0.1) is 0 Å². The molecule has 0 saturated carbocycles. The van der Waals surface area contributed by atoms with Crippen LogP contribution in [0, 0.1) is 18.8 Å². The maximum Gasteiger partial charge on any atom is 0.231 e. The second-order valence-corrected chi connectivity index (χ2v) is 8.47. The third-order valence-electron chi connectivity index (χ3n) is 6.43. The van der Waals surface area contributed by atoms with Gasteiger partial charge in [0.25, 0.3) is 0 Å². The minimum Gasteiger partial charge on any atom is -0.355 e. The maximum atomic E-state index is 12.6. The third kappa shape index (κ3) is 4.45. The molecule has 1 aromatic carbocycles. The molecule has 1 amide bonds. The first-order chi connectivity index (χ1) is 14.1. The maximum absolute atomic E-state index is 12.6. The van der Waals surface area contributed by atoms with Crippen molar-refractivity contribution < 1.29 is 4.79 Å². The Bertz CT molecular complexity index is 891. The molecule has 5 nitrogen and oxygen atoms in total. The van der Waals surface area contributed by atoms with E-state index in [1.807, 2.05) is 18.2 Å². The summed E-state index contributed by atoms with van der Waals surface area (Å²) < 4.78 is 0. The summed E-state index contributed by atoms with van der Waals surface area (Å²) in [5.41, 5.74) is 5.97. The van der Waals surface area contributed by atoms with Crippen LogP contribution in [0.1, 0.15) is 49.5 Å². The zero-order chi connectivity index (χ0) is 20.4. The van der Waals surface area contributed by atoms with Gasteiger partial charge in [-0.05, 0) is 56.8 Å². The molecule has 1 fully saturated rings. The van der Waals surface area contributed by atoms with Crippen molar-refractivity contribution in [1.29, 1.82) is 0 Å². The Kier molecular flexibility index (Phi) is 5.86. The molecule has 1 unspecified atom stereocenters. The molecular formula is C24H32N4O. The van der Waals surface area contributed by atoms with E-state index >= 15 is 0 Å². The van der Waals surface area contributed by atoms with Crippen LogP contribution in [0.3, 0.4) is 0 Å². The van der Waals surface area contributed by atoms with E-state index in [1.54, 1.807) is 0 Å². The molecule has 2 N–H and O–H groups in total. The molecule has 1 atom stereocenters. The minimum absolute atomic E-state index is 0.0205. The highest BCUT2D eigenvalue weighted by molar-refractivity contribution is 6.05. The van der Waals surface area contributed by atoms with Gasteiger partial charge in [0, 0.05) is 25.2 Å². The molecule has 1 saturated heterocycles. The number of aryl methyl sites for hydroxylation is 2. The highest BCUT2D eigenvalue weighted by Crippen LogP contribution is 2.46. The summed E-state index contributed by atoms with van der Waals surface area (Å²) in [5.74, 6) is 1.80. The van der Waals surface area contributed by atoms with Gasteiger partial charge in [0.1, 0.15) is 5.82 Å². The average Bonchev–Trinajstić information content (AvgIpc) is 3.30. The van der Waals surface area contributed by atoms with Crippen molar-refractivity contribution in [2.75, 3.05) is 19.6 Å². The largest absolute Gasteiger partial charge is 0.355 e. The Morgan fingerprint density at radius 1 is 1.21 bits per heavy atom. The lowest BCUT2D eigenvalue weighted by Crippen LogP contribution is -2.39. The number of H-pyrrole nitrogens is 1. The Hall–Kier alpha value is -2.40. The molecule has 1 aliphatic carbocycles. The van der Waals surface area contributed by atoms with Gasteiger partial charge in [-0.3, -0.25) is 9.69 Å². The zero-order valence-corrected chi connectivity index (χ0v) is 17.8. The fourth-order valence-corrected chi connectivity index (χ4v) is 4.46. The summed E-state index contributed by atoms with van der Waals surface area (Å²) in [6.07, 6.45) is 3.21.